The second-order valence-corrected chi connectivity index (χ2v) is 6.66. The van der Waals surface area contributed by atoms with Crippen molar-refractivity contribution < 1.29 is 0 Å². The number of nitrogens with zero attached hydrogens (tertiary/aromatic N) is 3. The number of anilines is 1. The highest BCUT2D eigenvalue weighted by molar-refractivity contribution is 5.48. The first-order valence-corrected chi connectivity index (χ1v) is 6.96. The fourth-order valence-electron chi connectivity index (χ4n) is 2.12. The molecule has 0 unspecified atom stereocenters. The van der Waals surface area contributed by atoms with E-state index in [2.05, 4.69) is 56.9 Å². The van der Waals surface area contributed by atoms with Crippen LogP contribution in [0.4, 0.5) is 5.69 Å². The molecule has 19 heavy (non-hydrogen) atoms. The highest BCUT2D eigenvalue weighted by atomic mass is 15.1. The summed E-state index contributed by atoms with van der Waals surface area (Å²) in [6.45, 7) is 12.7. The molecule has 1 rings (SSSR count). The van der Waals surface area contributed by atoms with E-state index in [4.69, 9.17) is 4.98 Å². The molecule has 0 amide bonds. The van der Waals surface area contributed by atoms with Gasteiger partial charge in [0, 0.05) is 26.1 Å². The van der Waals surface area contributed by atoms with Crippen molar-refractivity contribution in [2.24, 2.45) is 5.41 Å². The largest absolute Gasteiger partial charge is 0.371 e. The molecule has 0 radical (unpaired) electrons. The van der Waals surface area contributed by atoms with Crippen LogP contribution >= 0.6 is 0 Å². The molecule has 4 nitrogen and oxygen atoms in total. The number of hydrogen-bond donors (Lipinski definition) is 1. The first kappa shape index (κ1) is 15.9. The topological polar surface area (TPSA) is 41.1 Å². The number of rotatable bonds is 5. The van der Waals surface area contributed by atoms with E-state index < -0.39 is 0 Å². The molecule has 0 fully saturated rings. The molecule has 0 aromatic carbocycles. The quantitative estimate of drug-likeness (QED) is 0.888. The van der Waals surface area contributed by atoms with Crippen LogP contribution in [0.15, 0.2) is 6.20 Å². The van der Waals surface area contributed by atoms with Gasteiger partial charge in [0.1, 0.15) is 5.82 Å². The molecular weight excluding hydrogens is 236 g/mol. The van der Waals surface area contributed by atoms with Crippen molar-refractivity contribution >= 4 is 5.69 Å². The first-order valence-electron chi connectivity index (χ1n) is 6.96. The second-order valence-electron chi connectivity index (χ2n) is 6.66. The lowest BCUT2D eigenvalue weighted by molar-refractivity contribution is 0.418. The van der Waals surface area contributed by atoms with Crippen LogP contribution in [0.1, 0.15) is 52.1 Å². The average molecular weight is 264 g/mol. The van der Waals surface area contributed by atoms with Gasteiger partial charge in [0.15, 0.2) is 0 Å². The molecule has 1 heterocycles. The van der Waals surface area contributed by atoms with Crippen molar-refractivity contribution in [1.29, 1.82) is 0 Å². The van der Waals surface area contributed by atoms with Gasteiger partial charge >= 0.3 is 0 Å². The van der Waals surface area contributed by atoms with Crippen molar-refractivity contribution in [3.8, 4) is 0 Å². The molecule has 1 N–H and O–H groups in total. The first-order chi connectivity index (χ1) is 8.74. The van der Waals surface area contributed by atoms with Gasteiger partial charge in [0.2, 0.25) is 0 Å². The number of aromatic nitrogens is 2. The standard InChI is InChI=1S/C15H28N4/c1-11(2)14-17-9-13(12(18-14)8-16-6)19(7)10-15(3,4)5/h9,11,16H,8,10H2,1-7H3. The monoisotopic (exact) mass is 264 g/mol. The lowest BCUT2D eigenvalue weighted by Gasteiger charge is -2.29. The predicted molar refractivity (Wildman–Crippen MR) is 81.6 cm³/mol. The van der Waals surface area contributed by atoms with E-state index in [9.17, 15) is 0 Å². The van der Waals surface area contributed by atoms with Crippen LogP contribution in [0.2, 0.25) is 0 Å². The third-order valence-corrected chi connectivity index (χ3v) is 2.85. The van der Waals surface area contributed by atoms with Crippen molar-refractivity contribution in [3.05, 3.63) is 17.7 Å². The third kappa shape index (κ3) is 4.78. The molecular formula is C15H28N4. The van der Waals surface area contributed by atoms with Crippen molar-refractivity contribution in [1.82, 2.24) is 15.3 Å². The Hall–Kier alpha value is -1.16. The molecule has 1 aromatic rings. The smallest absolute Gasteiger partial charge is 0.131 e. The lowest BCUT2D eigenvalue weighted by Crippen LogP contribution is -2.31. The minimum atomic E-state index is 0.252. The van der Waals surface area contributed by atoms with Gasteiger partial charge in [-0.15, -0.1) is 0 Å². The zero-order chi connectivity index (χ0) is 14.6. The van der Waals surface area contributed by atoms with E-state index in [1.54, 1.807) is 0 Å². The molecule has 0 bridgehead atoms. The van der Waals surface area contributed by atoms with Crippen LogP contribution in [0.3, 0.4) is 0 Å². The number of hydrogen-bond acceptors (Lipinski definition) is 4. The predicted octanol–water partition coefficient (Wildman–Crippen LogP) is 2.80. The molecule has 0 aliphatic rings. The SMILES string of the molecule is CNCc1nc(C(C)C)ncc1N(C)CC(C)(C)C. The molecule has 0 atom stereocenters. The Morgan fingerprint density at radius 1 is 1.32 bits per heavy atom. The zero-order valence-corrected chi connectivity index (χ0v) is 13.4. The Morgan fingerprint density at radius 2 is 1.95 bits per heavy atom. The molecule has 0 saturated carbocycles. The van der Waals surface area contributed by atoms with Crippen molar-refractivity contribution in [2.45, 2.75) is 47.1 Å². The van der Waals surface area contributed by atoms with Crippen molar-refractivity contribution in [3.63, 3.8) is 0 Å². The Morgan fingerprint density at radius 3 is 2.42 bits per heavy atom. The summed E-state index contributed by atoms with van der Waals surface area (Å²) in [4.78, 5) is 11.4. The summed E-state index contributed by atoms with van der Waals surface area (Å²) in [6, 6.07) is 0. The normalized spacial score (nSPS) is 12.0. The average Bonchev–Trinajstić information content (AvgIpc) is 2.26. The van der Waals surface area contributed by atoms with Gasteiger partial charge in [-0.3, -0.25) is 0 Å². The Balaban J connectivity index is 3.05. The van der Waals surface area contributed by atoms with Crippen LogP contribution in [-0.2, 0) is 6.54 Å². The molecule has 1 aromatic heterocycles. The van der Waals surface area contributed by atoms with E-state index in [1.165, 1.54) is 0 Å². The summed E-state index contributed by atoms with van der Waals surface area (Å²) in [5.74, 6) is 1.27. The van der Waals surface area contributed by atoms with Gasteiger partial charge in [0.05, 0.1) is 17.6 Å². The summed E-state index contributed by atoms with van der Waals surface area (Å²) in [5.41, 5.74) is 2.45. The van der Waals surface area contributed by atoms with Crippen LogP contribution < -0.4 is 10.2 Å². The fraction of sp³-hybridized carbons (Fsp3) is 0.733. The highest BCUT2D eigenvalue weighted by Gasteiger charge is 2.18. The van der Waals surface area contributed by atoms with Gasteiger partial charge in [-0.05, 0) is 12.5 Å². The van der Waals surface area contributed by atoms with E-state index in [1.807, 2.05) is 13.2 Å². The summed E-state index contributed by atoms with van der Waals surface area (Å²) in [7, 11) is 4.06. The maximum Gasteiger partial charge on any atom is 0.131 e. The van der Waals surface area contributed by atoms with Gasteiger partial charge in [-0.25, -0.2) is 9.97 Å². The minimum Gasteiger partial charge on any atom is -0.371 e. The van der Waals surface area contributed by atoms with Crippen LogP contribution in [0.25, 0.3) is 0 Å². The van der Waals surface area contributed by atoms with E-state index in [0.717, 1.165) is 30.3 Å². The van der Waals surface area contributed by atoms with E-state index in [0.29, 0.717) is 5.92 Å². The van der Waals surface area contributed by atoms with Gasteiger partial charge in [-0.2, -0.15) is 0 Å². The summed E-state index contributed by atoms with van der Waals surface area (Å²) in [5, 5.41) is 3.19. The molecule has 0 spiro atoms. The maximum absolute atomic E-state index is 4.70. The van der Waals surface area contributed by atoms with Crippen LogP contribution in [0.5, 0.6) is 0 Å². The molecule has 4 heteroatoms. The van der Waals surface area contributed by atoms with Gasteiger partial charge in [0.25, 0.3) is 0 Å². The number of nitrogens with one attached hydrogen (secondary N) is 1. The van der Waals surface area contributed by atoms with E-state index in [-0.39, 0.29) is 5.41 Å². The summed E-state index contributed by atoms with van der Waals surface area (Å²) < 4.78 is 0. The Kier molecular flexibility index (Phi) is 5.29. The Bertz CT molecular complexity index is 407. The second kappa shape index (κ2) is 6.33. The van der Waals surface area contributed by atoms with Crippen LogP contribution in [0, 0.1) is 5.41 Å². The minimum absolute atomic E-state index is 0.252. The van der Waals surface area contributed by atoms with Gasteiger partial charge in [-0.1, -0.05) is 34.6 Å². The van der Waals surface area contributed by atoms with Gasteiger partial charge < -0.3 is 10.2 Å². The molecule has 0 aliphatic heterocycles. The highest BCUT2D eigenvalue weighted by Crippen LogP contribution is 2.23. The summed E-state index contributed by atoms with van der Waals surface area (Å²) in [6.07, 6.45) is 1.96. The molecule has 0 aliphatic carbocycles. The van der Waals surface area contributed by atoms with Crippen LogP contribution in [-0.4, -0.2) is 30.6 Å². The maximum atomic E-state index is 4.70. The van der Waals surface area contributed by atoms with E-state index >= 15 is 0 Å². The molecule has 0 saturated heterocycles. The van der Waals surface area contributed by atoms with Crippen molar-refractivity contribution in [2.75, 3.05) is 25.5 Å². The summed E-state index contributed by atoms with van der Waals surface area (Å²) >= 11 is 0. The zero-order valence-electron chi connectivity index (χ0n) is 13.4. The Labute approximate surface area is 117 Å². The lowest BCUT2D eigenvalue weighted by atomic mass is 9.96. The third-order valence-electron chi connectivity index (χ3n) is 2.85. The fourth-order valence-corrected chi connectivity index (χ4v) is 2.12. The molecule has 108 valence electrons.